The summed E-state index contributed by atoms with van der Waals surface area (Å²) in [5, 5.41) is 5.78. The number of benzene rings is 1. The number of carbonyl (C=O) groups is 2. The van der Waals surface area contributed by atoms with Crippen molar-refractivity contribution in [2.45, 2.75) is 52.4 Å². The highest BCUT2D eigenvalue weighted by Crippen LogP contribution is 2.60. The summed E-state index contributed by atoms with van der Waals surface area (Å²) in [6.07, 6.45) is 6.93. The average molecular weight is 424 g/mol. The molecule has 4 aliphatic rings. The quantitative estimate of drug-likeness (QED) is 0.616. The van der Waals surface area contributed by atoms with Crippen LogP contribution in [0.3, 0.4) is 0 Å². The number of aryl methyl sites for hydroxylation is 2. The molecule has 1 heterocycles. The summed E-state index contributed by atoms with van der Waals surface area (Å²) >= 11 is 1.43. The summed E-state index contributed by atoms with van der Waals surface area (Å²) in [6.45, 7) is 4.09. The van der Waals surface area contributed by atoms with Crippen molar-refractivity contribution in [3.8, 4) is 11.1 Å². The first-order valence-corrected chi connectivity index (χ1v) is 11.9. The van der Waals surface area contributed by atoms with E-state index in [9.17, 15) is 9.59 Å². The molecule has 4 fully saturated rings. The molecule has 0 unspecified atom stereocenters. The van der Waals surface area contributed by atoms with Crippen LogP contribution in [0.15, 0.2) is 23.6 Å². The lowest BCUT2D eigenvalue weighted by molar-refractivity contribution is -0.140. The maximum Gasteiger partial charge on any atom is 0.341 e. The second kappa shape index (κ2) is 7.23. The highest BCUT2D eigenvalue weighted by atomic mass is 32.1. The Kier molecular flexibility index (Phi) is 4.77. The predicted molar refractivity (Wildman–Crippen MR) is 120 cm³/mol. The van der Waals surface area contributed by atoms with Crippen LogP contribution < -0.4 is 5.32 Å². The molecule has 0 saturated heterocycles. The Hall–Kier alpha value is -2.14. The number of anilines is 1. The Bertz CT molecular complexity index is 986. The smallest absolute Gasteiger partial charge is 0.341 e. The van der Waals surface area contributed by atoms with Gasteiger partial charge in [-0.2, -0.15) is 0 Å². The molecule has 1 aromatic heterocycles. The molecule has 2 aromatic rings. The van der Waals surface area contributed by atoms with Gasteiger partial charge in [0.05, 0.1) is 12.5 Å². The van der Waals surface area contributed by atoms with Gasteiger partial charge in [-0.25, -0.2) is 4.79 Å². The predicted octanol–water partition coefficient (Wildman–Crippen LogP) is 5.97. The van der Waals surface area contributed by atoms with Crippen LogP contribution >= 0.6 is 11.3 Å². The zero-order chi connectivity index (χ0) is 21.0. The van der Waals surface area contributed by atoms with Crippen molar-refractivity contribution in [3.63, 3.8) is 0 Å². The fourth-order valence-electron chi connectivity index (χ4n) is 6.60. The molecule has 30 heavy (non-hydrogen) atoms. The highest BCUT2D eigenvalue weighted by molar-refractivity contribution is 7.15. The fourth-order valence-corrected chi connectivity index (χ4v) is 7.55. The van der Waals surface area contributed by atoms with Crippen LogP contribution in [-0.2, 0) is 9.53 Å². The van der Waals surface area contributed by atoms with Crippen LogP contribution in [0, 0.1) is 37.0 Å². The topological polar surface area (TPSA) is 55.4 Å². The number of amides is 1. The molecule has 158 valence electrons. The van der Waals surface area contributed by atoms with Crippen molar-refractivity contribution in [3.05, 3.63) is 40.3 Å². The van der Waals surface area contributed by atoms with Crippen LogP contribution in [-0.4, -0.2) is 19.0 Å². The van der Waals surface area contributed by atoms with Gasteiger partial charge < -0.3 is 10.1 Å². The molecule has 1 amide bonds. The molecule has 4 bridgehead atoms. The number of hydrogen-bond acceptors (Lipinski definition) is 4. The summed E-state index contributed by atoms with van der Waals surface area (Å²) in [7, 11) is 1.40. The molecule has 4 aliphatic carbocycles. The van der Waals surface area contributed by atoms with E-state index in [0.717, 1.165) is 41.5 Å². The third-order valence-electron chi connectivity index (χ3n) is 7.61. The second-order valence-electron chi connectivity index (χ2n) is 9.82. The van der Waals surface area contributed by atoms with Crippen molar-refractivity contribution < 1.29 is 14.3 Å². The van der Waals surface area contributed by atoms with E-state index in [4.69, 9.17) is 4.74 Å². The lowest BCUT2D eigenvalue weighted by Crippen LogP contribution is -2.51. The van der Waals surface area contributed by atoms with Crippen molar-refractivity contribution >= 4 is 28.2 Å². The maximum absolute atomic E-state index is 13.5. The van der Waals surface area contributed by atoms with Gasteiger partial charge in [0.25, 0.3) is 0 Å². The van der Waals surface area contributed by atoms with Gasteiger partial charge in [-0.3, -0.25) is 4.79 Å². The maximum atomic E-state index is 13.5. The van der Waals surface area contributed by atoms with Gasteiger partial charge in [0.2, 0.25) is 5.91 Å². The van der Waals surface area contributed by atoms with Crippen molar-refractivity contribution in [2.75, 3.05) is 12.4 Å². The highest BCUT2D eigenvalue weighted by Gasteiger charge is 2.54. The molecule has 4 nitrogen and oxygen atoms in total. The van der Waals surface area contributed by atoms with Crippen LogP contribution in [0.4, 0.5) is 5.00 Å². The summed E-state index contributed by atoms with van der Waals surface area (Å²) in [5.74, 6) is 1.83. The molecule has 0 spiro atoms. The molecule has 0 radical (unpaired) electrons. The zero-order valence-corrected chi connectivity index (χ0v) is 18.7. The van der Waals surface area contributed by atoms with E-state index in [2.05, 4.69) is 23.5 Å². The molecular formula is C25H29NO3S. The van der Waals surface area contributed by atoms with E-state index < -0.39 is 5.97 Å². The number of hydrogen-bond donors (Lipinski definition) is 1. The Morgan fingerprint density at radius 3 is 2.27 bits per heavy atom. The Labute approximate surface area is 182 Å². The largest absolute Gasteiger partial charge is 0.465 e. The van der Waals surface area contributed by atoms with Crippen molar-refractivity contribution in [2.24, 2.45) is 23.2 Å². The summed E-state index contributed by atoms with van der Waals surface area (Å²) in [5.41, 5.74) is 4.33. The van der Waals surface area contributed by atoms with E-state index >= 15 is 0 Å². The van der Waals surface area contributed by atoms with Gasteiger partial charge in [0, 0.05) is 10.9 Å². The van der Waals surface area contributed by atoms with E-state index in [1.165, 1.54) is 37.7 Å². The van der Waals surface area contributed by atoms with Crippen LogP contribution in [0.5, 0.6) is 0 Å². The van der Waals surface area contributed by atoms with E-state index in [1.54, 1.807) is 0 Å². The van der Waals surface area contributed by atoms with Gasteiger partial charge in [-0.15, -0.1) is 11.3 Å². The van der Waals surface area contributed by atoms with Crippen LogP contribution in [0.2, 0.25) is 0 Å². The molecule has 6 rings (SSSR count). The second-order valence-corrected chi connectivity index (χ2v) is 10.7. The number of methoxy groups -OCH3 is 1. The lowest BCUT2D eigenvalue weighted by atomic mass is 9.49. The minimum absolute atomic E-state index is 0.112. The molecule has 1 N–H and O–H groups in total. The third-order valence-corrected chi connectivity index (χ3v) is 8.51. The van der Waals surface area contributed by atoms with Gasteiger partial charge in [0.15, 0.2) is 0 Å². The first kappa shape index (κ1) is 19.8. The van der Waals surface area contributed by atoms with E-state index in [1.807, 2.05) is 19.2 Å². The molecule has 0 atom stereocenters. The molecule has 5 heteroatoms. The van der Waals surface area contributed by atoms with Gasteiger partial charge in [-0.1, -0.05) is 23.8 Å². The first-order chi connectivity index (χ1) is 14.4. The number of esters is 1. The fraction of sp³-hybridized carbons (Fsp3) is 0.520. The van der Waals surface area contributed by atoms with Gasteiger partial charge in [0.1, 0.15) is 10.6 Å². The third kappa shape index (κ3) is 3.18. The number of thiophene rings is 1. The van der Waals surface area contributed by atoms with Gasteiger partial charge >= 0.3 is 5.97 Å². The summed E-state index contributed by atoms with van der Waals surface area (Å²) in [4.78, 5) is 26.3. The van der Waals surface area contributed by atoms with Crippen LogP contribution in [0.25, 0.3) is 11.1 Å². The number of carbonyl (C=O) groups excluding carboxylic acids is 2. The zero-order valence-electron chi connectivity index (χ0n) is 17.9. The van der Waals surface area contributed by atoms with E-state index in [-0.39, 0.29) is 11.3 Å². The van der Waals surface area contributed by atoms with Crippen molar-refractivity contribution in [1.82, 2.24) is 0 Å². The molecule has 4 saturated carbocycles. The van der Waals surface area contributed by atoms with E-state index in [0.29, 0.717) is 28.3 Å². The monoisotopic (exact) mass is 423 g/mol. The number of ether oxygens (including phenoxy) is 1. The Morgan fingerprint density at radius 1 is 1.03 bits per heavy atom. The standard InChI is InChI=1S/C25H29NO3S/c1-14-4-5-15(2)19(6-14)20-13-30-22(21(20)23(27)29-3)26-24(28)25-10-16-7-17(11-25)9-18(8-16)12-25/h4-6,13,16-18H,7-12H2,1-3H3,(H,26,28). The summed E-state index contributed by atoms with van der Waals surface area (Å²) < 4.78 is 5.11. The Balaban J connectivity index is 1.49. The normalized spacial score (nSPS) is 29.1. The minimum atomic E-state index is -0.395. The van der Waals surface area contributed by atoms with Crippen LogP contribution in [0.1, 0.15) is 60.0 Å². The molecule has 0 aliphatic heterocycles. The SMILES string of the molecule is COC(=O)c1c(-c2cc(C)ccc2C)csc1NC(=O)C12CC3CC(CC(C3)C1)C2. The number of rotatable bonds is 4. The molecular weight excluding hydrogens is 394 g/mol. The first-order valence-electron chi connectivity index (χ1n) is 11.0. The number of nitrogens with one attached hydrogen (secondary N) is 1. The van der Waals surface area contributed by atoms with Gasteiger partial charge in [-0.05, 0) is 81.3 Å². The molecule has 1 aromatic carbocycles. The summed E-state index contributed by atoms with van der Waals surface area (Å²) in [6, 6.07) is 6.23. The Morgan fingerprint density at radius 2 is 1.67 bits per heavy atom. The van der Waals surface area contributed by atoms with Crippen molar-refractivity contribution in [1.29, 1.82) is 0 Å². The average Bonchev–Trinajstić information content (AvgIpc) is 3.11. The minimum Gasteiger partial charge on any atom is -0.465 e. The lowest BCUT2D eigenvalue weighted by Gasteiger charge is -2.55.